The molecule has 6 nitrogen and oxygen atoms in total. The molecule has 0 fully saturated rings. The first-order valence-corrected chi connectivity index (χ1v) is 8.65. The summed E-state index contributed by atoms with van der Waals surface area (Å²) in [5, 5.41) is 24.6. The average Bonchev–Trinajstić information content (AvgIpc) is 2.52. The minimum absolute atomic E-state index is 0.144. The predicted octanol–water partition coefficient (Wildman–Crippen LogP) is 1.60. The third-order valence-electron chi connectivity index (χ3n) is 3.42. The fourth-order valence-electron chi connectivity index (χ4n) is 2.06. The maximum atomic E-state index is 11.8. The Bertz CT molecular complexity index is 510. The summed E-state index contributed by atoms with van der Waals surface area (Å²) in [6.07, 6.45) is 7.66. The van der Waals surface area contributed by atoms with E-state index in [-0.39, 0.29) is 19.0 Å². The van der Waals surface area contributed by atoms with E-state index in [0.29, 0.717) is 12.8 Å². The lowest BCUT2D eigenvalue weighted by Gasteiger charge is -2.13. The number of carbonyl (C=O) groups is 2. The fourth-order valence-corrected chi connectivity index (χ4v) is 2.06. The number of carbonyl (C=O) groups excluding carboxylic acids is 2. The molecule has 0 saturated carbocycles. The molecule has 142 valence electrons. The van der Waals surface area contributed by atoms with Gasteiger partial charge in [-0.2, -0.15) is 0 Å². The Morgan fingerprint density at radius 2 is 1.80 bits per heavy atom. The summed E-state index contributed by atoms with van der Waals surface area (Å²) in [4.78, 5) is 22.5. The molecule has 0 aliphatic carbocycles. The van der Waals surface area contributed by atoms with Crippen LogP contribution in [0.1, 0.15) is 47.0 Å². The van der Waals surface area contributed by atoms with E-state index >= 15 is 0 Å². The number of allylic oxidation sites excluding steroid dienone is 5. The van der Waals surface area contributed by atoms with Gasteiger partial charge in [-0.05, 0) is 39.2 Å². The Hall–Kier alpha value is -1.92. The van der Waals surface area contributed by atoms with E-state index < -0.39 is 18.1 Å². The van der Waals surface area contributed by atoms with E-state index in [4.69, 9.17) is 0 Å². The molecule has 0 saturated heterocycles. The number of amides is 2. The van der Waals surface area contributed by atoms with E-state index in [1.54, 1.807) is 0 Å². The zero-order valence-corrected chi connectivity index (χ0v) is 15.7. The molecule has 0 rings (SSSR count). The van der Waals surface area contributed by atoms with Crippen LogP contribution in [0, 0.1) is 0 Å². The molecule has 25 heavy (non-hydrogen) atoms. The van der Waals surface area contributed by atoms with Gasteiger partial charge in [0.2, 0.25) is 5.91 Å². The van der Waals surface area contributed by atoms with Crippen molar-refractivity contribution in [2.45, 2.75) is 59.2 Å². The van der Waals surface area contributed by atoms with Crippen molar-refractivity contribution in [3.63, 3.8) is 0 Å². The van der Waals surface area contributed by atoms with Crippen LogP contribution in [0.2, 0.25) is 0 Å². The number of nitrogens with one attached hydrogen (secondary N) is 2. The third kappa shape index (κ3) is 13.1. The minimum Gasteiger partial charge on any atom is -0.391 e. The average molecular weight is 352 g/mol. The Balaban J connectivity index is 4.18. The van der Waals surface area contributed by atoms with Crippen molar-refractivity contribution < 1.29 is 19.8 Å². The summed E-state index contributed by atoms with van der Waals surface area (Å²) in [5.74, 6) is -0.717. The highest BCUT2D eigenvalue weighted by molar-refractivity contribution is 5.82. The van der Waals surface area contributed by atoms with Gasteiger partial charge in [0.25, 0.3) is 5.91 Å². The molecular weight excluding hydrogens is 320 g/mol. The monoisotopic (exact) mass is 352 g/mol. The SMILES string of the molecule is CC/C=C(C)/C=C/C/C(C)=C\C(O)C(=O)NCCC(O)CNC(C)=O. The zero-order chi connectivity index (χ0) is 19.2. The standard InChI is InChI=1S/C19H32N2O4/c1-5-7-14(2)8-6-9-15(3)12-18(24)19(25)20-11-10-17(23)13-21-16(4)22/h6-8,12,17-18,23-24H,5,9-11,13H2,1-4H3,(H,20,25)(H,21,22)/b8-6+,14-7+,15-12-. The lowest BCUT2D eigenvalue weighted by atomic mass is 10.1. The summed E-state index contributed by atoms with van der Waals surface area (Å²) in [6.45, 7) is 7.71. The number of aliphatic hydroxyl groups excluding tert-OH is 2. The Morgan fingerprint density at radius 3 is 2.40 bits per heavy atom. The Kier molecular flexibility index (Phi) is 12.4. The van der Waals surface area contributed by atoms with Crippen LogP contribution >= 0.6 is 0 Å². The smallest absolute Gasteiger partial charge is 0.252 e. The van der Waals surface area contributed by atoms with Gasteiger partial charge in [0.05, 0.1) is 6.10 Å². The number of hydrogen-bond acceptors (Lipinski definition) is 4. The molecule has 0 spiro atoms. The molecule has 0 aliphatic heterocycles. The van der Waals surface area contributed by atoms with E-state index in [9.17, 15) is 19.8 Å². The normalized spacial score (nSPS) is 15.1. The molecule has 0 aromatic heterocycles. The summed E-state index contributed by atoms with van der Waals surface area (Å²) in [6, 6.07) is 0. The summed E-state index contributed by atoms with van der Waals surface area (Å²) in [5.41, 5.74) is 2.08. The Labute approximate surface area is 150 Å². The lowest BCUT2D eigenvalue weighted by Crippen LogP contribution is -2.37. The molecule has 0 bridgehead atoms. The molecule has 2 unspecified atom stereocenters. The van der Waals surface area contributed by atoms with Crippen LogP contribution in [0.15, 0.2) is 35.5 Å². The van der Waals surface area contributed by atoms with Gasteiger partial charge < -0.3 is 20.8 Å². The molecule has 0 radical (unpaired) electrons. The van der Waals surface area contributed by atoms with Crippen molar-refractivity contribution >= 4 is 11.8 Å². The van der Waals surface area contributed by atoms with Crippen molar-refractivity contribution in [2.75, 3.05) is 13.1 Å². The second kappa shape index (κ2) is 13.4. The molecule has 0 aliphatic rings. The minimum atomic E-state index is -1.21. The van der Waals surface area contributed by atoms with E-state index in [2.05, 4.69) is 23.6 Å². The molecule has 4 N–H and O–H groups in total. The van der Waals surface area contributed by atoms with Crippen LogP contribution in [0.3, 0.4) is 0 Å². The predicted molar refractivity (Wildman–Crippen MR) is 99.9 cm³/mol. The van der Waals surface area contributed by atoms with Gasteiger partial charge in [-0.1, -0.05) is 36.3 Å². The van der Waals surface area contributed by atoms with E-state index in [1.165, 1.54) is 18.6 Å². The highest BCUT2D eigenvalue weighted by Gasteiger charge is 2.12. The second-order valence-electron chi connectivity index (χ2n) is 6.09. The van der Waals surface area contributed by atoms with Crippen molar-refractivity contribution in [3.8, 4) is 0 Å². The molecule has 0 aromatic carbocycles. The lowest BCUT2D eigenvalue weighted by molar-refractivity contribution is -0.127. The van der Waals surface area contributed by atoms with Gasteiger partial charge >= 0.3 is 0 Å². The second-order valence-corrected chi connectivity index (χ2v) is 6.09. The van der Waals surface area contributed by atoms with Gasteiger partial charge in [0.15, 0.2) is 6.10 Å². The van der Waals surface area contributed by atoms with E-state index in [0.717, 1.165) is 12.0 Å². The number of aliphatic hydroxyl groups is 2. The van der Waals surface area contributed by atoms with Crippen LogP contribution in [-0.4, -0.2) is 47.3 Å². The van der Waals surface area contributed by atoms with Crippen molar-refractivity contribution in [3.05, 3.63) is 35.5 Å². The third-order valence-corrected chi connectivity index (χ3v) is 3.42. The highest BCUT2D eigenvalue weighted by atomic mass is 16.3. The van der Waals surface area contributed by atoms with Gasteiger partial charge in [0.1, 0.15) is 0 Å². The number of hydrogen-bond donors (Lipinski definition) is 4. The van der Waals surface area contributed by atoms with Crippen LogP contribution in [-0.2, 0) is 9.59 Å². The molecule has 0 heterocycles. The van der Waals surface area contributed by atoms with Gasteiger partial charge in [0, 0.05) is 20.0 Å². The first-order chi connectivity index (χ1) is 11.8. The van der Waals surface area contributed by atoms with Crippen molar-refractivity contribution in [1.29, 1.82) is 0 Å². The molecule has 2 atom stereocenters. The van der Waals surface area contributed by atoms with Crippen LogP contribution in [0.5, 0.6) is 0 Å². The topological polar surface area (TPSA) is 98.7 Å². The van der Waals surface area contributed by atoms with Crippen LogP contribution < -0.4 is 10.6 Å². The Morgan fingerprint density at radius 1 is 1.12 bits per heavy atom. The fraction of sp³-hybridized carbons (Fsp3) is 0.579. The molecule has 6 heteroatoms. The first kappa shape index (κ1) is 23.1. The summed E-state index contributed by atoms with van der Waals surface area (Å²) < 4.78 is 0. The van der Waals surface area contributed by atoms with Gasteiger partial charge in [-0.15, -0.1) is 0 Å². The summed E-state index contributed by atoms with van der Waals surface area (Å²) in [7, 11) is 0. The van der Waals surface area contributed by atoms with Crippen LogP contribution in [0.25, 0.3) is 0 Å². The molecular formula is C19H32N2O4. The van der Waals surface area contributed by atoms with Gasteiger partial charge in [-0.25, -0.2) is 0 Å². The van der Waals surface area contributed by atoms with Gasteiger partial charge in [-0.3, -0.25) is 9.59 Å². The highest BCUT2D eigenvalue weighted by Crippen LogP contribution is 2.06. The van der Waals surface area contributed by atoms with Crippen molar-refractivity contribution in [1.82, 2.24) is 10.6 Å². The summed E-state index contributed by atoms with van der Waals surface area (Å²) >= 11 is 0. The number of rotatable bonds is 11. The van der Waals surface area contributed by atoms with Crippen molar-refractivity contribution in [2.24, 2.45) is 0 Å². The molecule has 2 amide bonds. The maximum absolute atomic E-state index is 11.8. The largest absolute Gasteiger partial charge is 0.391 e. The van der Waals surface area contributed by atoms with Crippen LogP contribution in [0.4, 0.5) is 0 Å². The molecule has 0 aromatic rings. The maximum Gasteiger partial charge on any atom is 0.252 e. The zero-order valence-electron chi connectivity index (χ0n) is 15.7. The van der Waals surface area contributed by atoms with E-state index in [1.807, 2.05) is 26.0 Å². The first-order valence-electron chi connectivity index (χ1n) is 8.65. The quantitative estimate of drug-likeness (QED) is 0.335.